The number of hydrogen-bond donors (Lipinski definition) is 0. The van der Waals surface area contributed by atoms with Crippen LogP contribution in [0.25, 0.3) is 0 Å². The molecular formula is C10H7ClF2O. The number of benzene rings is 1. The minimum atomic E-state index is -1.12. The van der Waals surface area contributed by atoms with E-state index in [9.17, 15) is 13.6 Å². The predicted octanol–water partition coefficient (Wildman–Crippen LogP) is 3.14. The molecule has 0 heterocycles. The molecule has 0 N–H and O–H groups in total. The Kier molecular flexibility index (Phi) is 2.27. The van der Waals surface area contributed by atoms with Gasteiger partial charge in [-0.05, 0) is 24.5 Å². The average molecular weight is 217 g/mol. The summed E-state index contributed by atoms with van der Waals surface area (Å²) in [6.45, 7) is 0. The van der Waals surface area contributed by atoms with Crippen LogP contribution in [0.2, 0.25) is 5.02 Å². The quantitative estimate of drug-likeness (QED) is 0.609. The Bertz CT molecular complexity index is 415. The molecule has 0 bridgehead atoms. The Labute approximate surface area is 84.7 Å². The highest BCUT2D eigenvalue weighted by Gasteiger charge is 2.25. The van der Waals surface area contributed by atoms with E-state index in [-0.39, 0.29) is 22.8 Å². The van der Waals surface area contributed by atoms with Crippen molar-refractivity contribution >= 4 is 17.4 Å². The van der Waals surface area contributed by atoms with Gasteiger partial charge in [-0.1, -0.05) is 11.6 Å². The second kappa shape index (κ2) is 3.31. The second-order valence-corrected chi connectivity index (χ2v) is 3.70. The smallest absolute Gasteiger partial charge is 0.178 e. The third-order valence-corrected chi connectivity index (χ3v) is 2.65. The largest absolute Gasteiger partial charge is 0.294 e. The van der Waals surface area contributed by atoms with Crippen LogP contribution in [-0.2, 0) is 6.42 Å². The zero-order chi connectivity index (χ0) is 10.3. The summed E-state index contributed by atoms with van der Waals surface area (Å²) in [5.41, 5.74) is 0.406. The van der Waals surface area contributed by atoms with Crippen molar-refractivity contribution in [1.82, 2.24) is 0 Å². The van der Waals surface area contributed by atoms with Gasteiger partial charge in [0.2, 0.25) is 0 Å². The standard InChI is InChI=1S/C10H7ClF2O/c11-6-4-5-2-1-3-7(14)8(5)10(13)9(6)12/h4H,1-3H2. The first kappa shape index (κ1) is 9.59. The third kappa shape index (κ3) is 1.32. The molecule has 1 aliphatic carbocycles. The monoisotopic (exact) mass is 216 g/mol. The second-order valence-electron chi connectivity index (χ2n) is 3.30. The molecule has 2 rings (SSSR count). The van der Waals surface area contributed by atoms with Crippen LogP contribution in [0.4, 0.5) is 8.78 Å². The first-order valence-corrected chi connectivity index (χ1v) is 4.68. The zero-order valence-corrected chi connectivity index (χ0v) is 8.00. The molecule has 4 heteroatoms. The minimum absolute atomic E-state index is 0.113. The molecule has 0 unspecified atom stereocenters. The van der Waals surface area contributed by atoms with Crippen LogP contribution in [-0.4, -0.2) is 5.78 Å². The van der Waals surface area contributed by atoms with E-state index in [1.165, 1.54) is 6.07 Å². The van der Waals surface area contributed by atoms with E-state index in [0.29, 0.717) is 18.4 Å². The van der Waals surface area contributed by atoms with Gasteiger partial charge in [0.15, 0.2) is 17.4 Å². The maximum absolute atomic E-state index is 13.3. The first-order valence-electron chi connectivity index (χ1n) is 4.31. The highest BCUT2D eigenvalue weighted by Crippen LogP contribution is 2.29. The van der Waals surface area contributed by atoms with E-state index < -0.39 is 11.6 Å². The van der Waals surface area contributed by atoms with Crippen molar-refractivity contribution < 1.29 is 13.6 Å². The van der Waals surface area contributed by atoms with E-state index in [4.69, 9.17) is 11.6 Å². The van der Waals surface area contributed by atoms with Gasteiger partial charge in [-0.25, -0.2) is 8.78 Å². The molecular weight excluding hydrogens is 210 g/mol. The molecule has 0 atom stereocenters. The average Bonchev–Trinajstić information content (AvgIpc) is 2.14. The lowest BCUT2D eigenvalue weighted by molar-refractivity contribution is 0.0967. The van der Waals surface area contributed by atoms with Crippen molar-refractivity contribution in [3.63, 3.8) is 0 Å². The topological polar surface area (TPSA) is 17.1 Å². The number of carbonyl (C=O) groups excluding carboxylic acids is 1. The SMILES string of the molecule is O=C1CCCc2cc(Cl)c(F)c(F)c21. The Morgan fingerprint density at radius 3 is 2.64 bits per heavy atom. The molecule has 0 saturated heterocycles. The Hall–Kier alpha value is -0.960. The summed E-state index contributed by atoms with van der Waals surface area (Å²) in [6, 6.07) is 1.34. The van der Waals surface area contributed by atoms with E-state index in [2.05, 4.69) is 0 Å². The minimum Gasteiger partial charge on any atom is -0.294 e. The van der Waals surface area contributed by atoms with Gasteiger partial charge >= 0.3 is 0 Å². The van der Waals surface area contributed by atoms with Gasteiger partial charge < -0.3 is 0 Å². The Balaban J connectivity index is 2.70. The molecule has 0 radical (unpaired) electrons. The lowest BCUT2D eigenvalue weighted by atomic mass is 9.90. The maximum Gasteiger partial charge on any atom is 0.178 e. The molecule has 1 nitrogen and oxygen atoms in total. The van der Waals surface area contributed by atoms with Gasteiger partial charge in [0.25, 0.3) is 0 Å². The van der Waals surface area contributed by atoms with Crippen LogP contribution in [0.1, 0.15) is 28.8 Å². The molecule has 14 heavy (non-hydrogen) atoms. The van der Waals surface area contributed by atoms with Gasteiger partial charge in [0, 0.05) is 6.42 Å². The van der Waals surface area contributed by atoms with Crippen molar-refractivity contribution in [3.05, 3.63) is 33.9 Å². The number of carbonyl (C=O) groups is 1. The van der Waals surface area contributed by atoms with Crippen LogP contribution in [0.3, 0.4) is 0 Å². The van der Waals surface area contributed by atoms with E-state index in [1.807, 2.05) is 0 Å². The van der Waals surface area contributed by atoms with Crippen LogP contribution in [0, 0.1) is 11.6 Å². The summed E-state index contributed by atoms with van der Waals surface area (Å²) in [4.78, 5) is 11.3. The van der Waals surface area contributed by atoms with Gasteiger partial charge in [0.05, 0.1) is 10.6 Å². The van der Waals surface area contributed by atoms with Crippen molar-refractivity contribution in [3.8, 4) is 0 Å². The lowest BCUT2D eigenvalue weighted by Crippen LogP contribution is -2.14. The van der Waals surface area contributed by atoms with Gasteiger partial charge in [-0.15, -0.1) is 0 Å². The molecule has 1 aromatic rings. The fraction of sp³-hybridized carbons (Fsp3) is 0.300. The fourth-order valence-corrected chi connectivity index (χ4v) is 1.92. The number of Topliss-reactive ketones (excluding diaryl/α,β-unsaturated/α-hetero) is 1. The van der Waals surface area contributed by atoms with E-state index >= 15 is 0 Å². The van der Waals surface area contributed by atoms with Crippen molar-refractivity contribution in [1.29, 1.82) is 0 Å². The molecule has 74 valence electrons. The highest BCUT2D eigenvalue weighted by atomic mass is 35.5. The van der Waals surface area contributed by atoms with Crippen LogP contribution in [0.5, 0.6) is 0 Å². The Morgan fingerprint density at radius 1 is 1.21 bits per heavy atom. The molecule has 0 fully saturated rings. The number of ketones is 1. The summed E-state index contributed by atoms with van der Waals surface area (Å²) >= 11 is 5.47. The molecule has 0 spiro atoms. The van der Waals surface area contributed by atoms with Crippen LogP contribution in [0.15, 0.2) is 6.07 Å². The molecule has 1 aromatic carbocycles. The summed E-state index contributed by atoms with van der Waals surface area (Å²) in [6.07, 6.45) is 1.54. The van der Waals surface area contributed by atoms with Crippen LogP contribution >= 0.6 is 11.6 Å². The molecule has 1 aliphatic rings. The molecule has 0 saturated carbocycles. The van der Waals surface area contributed by atoms with Gasteiger partial charge in [0.1, 0.15) is 0 Å². The Morgan fingerprint density at radius 2 is 1.93 bits per heavy atom. The van der Waals surface area contributed by atoms with Crippen molar-refractivity contribution in [2.75, 3.05) is 0 Å². The number of fused-ring (bicyclic) bond motifs is 1. The zero-order valence-electron chi connectivity index (χ0n) is 7.24. The van der Waals surface area contributed by atoms with Crippen LogP contribution < -0.4 is 0 Å². The number of halogens is 3. The van der Waals surface area contributed by atoms with Gasteiger partial charge in [-0.2, -0.15) is 0 Å². The summed E-state index contributed by atoms with van der Waals surface area (Å²) < 4.78 is 26.3. The third-order valence-electron chi connectivity index (χ3n) is 2.37. The maximum atomic E-state index is 13.3. The molecule has 0 amide bonds. The number of rotatable bonds is 0. The lowest BCUT2D eigenvalue weighted by Gasteiger charge is -2.15. The van der Waals surface area contributed by atoms with Crippen molar-refractivity contribution in [2.24, 2.45) is 0 Å². The van der Waals surface area contributed by atoms with Gasteiger partial charge in [-0.3, -0.25) is 4.79 Å². The summed E-state index contributed by atoms with van der Waals surface area (Å²) in [5, 5.41) is -0.254. The highest BCUT2D eigenvalue weighted by molar-refractivity contribution is 6.31. The molecule has 0 aromatic heterocycles. The normalized spacial score (nSPS) is 15.5. The fourth-order valence-electron chi connectivity index (χ4n) is 1.71. The molecule has 0 aliphatic heterocycles. The number of aryl methyl sites for hydroxylation is 1. The van der Waals surface area contributed by atoms with E-state index in [0.717, 1.165) is 0 Å². The predicted molar refractivity (Wildman–Crippen MR) is 48.6 cm³/mol. The van der Waals surface area contributed by atoms with Crippen molar-refractivity contribution in [2.45, 2.75) is 19.3 Å². The van der Waals surface area contributed by atoms with E-state index in [1.54, 1.807) is 0 Å². The number of hydrogen-bond acceptors (Lipinski definition) is 1. The first-order chi connectivity index (χ1) is 6.61. The summed E-state index contributed by atoms with van der Waals surface area (Å²) in [5.74, 6) is -2.56. The summed E-state index contributed by atoms with van der Waals surface area (Å²) in [7, 11) is 0.